The summed E-state index contributed by atoms with van der Waals surface area (Å²) in [6.07, 6.45) is 5.50. The van der Waals surface area contributed by atoms with E-state index in [4.69, 9.17) is 0 Å². The van der Waals surface area contributed by atoms with E-state index in [2.05, 4.69) is 20.1 Å². The van der Waals surface area contributed by atoms with E-state index in [0.29, 0.717) is 32.6 Å². The van der Waals surface area contributed by atoms with Crippen LogP contribution in [0.25, 0.3) is 0 Å². The second-order valence-corrected chi connectivity index (χ2v) is 12.7. The number of rotatable bonds is 11. The van der Waals surface area contributed by atoms with Crippen LogP contribution in [0.5, 0.6) is 0 Å². The van der Waals surface area contributed by atoms with Crippen LogP contribution in [0, 0.1) is 17.8 Å². The molecule has 8 heteroatoms. The molecule has 6 atom stereocenters. The molecular weight excluding hydrogens is 462 g/mol. The number of aliphatic hydroxyl groups excluding tert-OH is 1. The molecule has 0 aromatic rings. The fourth-order valence-corrected chi connectivity index (χ4v) is 8.87. The van der Waals surface area contributed by atoms with Crippen LogP contribution in [-0.4, -0.2) is 91.9 Å². The highest BCUT2D eigenvalue weighted by molar-refractivity contribution is 8.02. The number of amides is 3. The van der Waals surface area contributed by atoms with Crippen molar-refractivity contribution in [2.24, 2.45) is 17.8 Å². The van der Waals surface area contributed by atoms with Gasteiger partial charge in [-0.3, -0.25) is 14.4 Å². The molecule has 3 heterocycles. The Morgan fingerprint density at radius 2 is 1.89 bits per heavy atom. The third-order valence-corrected chi connectivity index (χ3v) is 9.94. The zero-order chi connectivity index (χ0) is 26.1. The van der Waals surface area contributed by atoms with E-state index >= 15 is 0 Å². The quantitative estimate of drug-likeness (QED) is 0.437. The third kappa shape index (κ3) is 4.57. The minimum Gasteiger partial charge on any atom is -0.396 e. The van der Waals surface area contributed by atoms with Gasteiger partial charge in [-0.15, -0.1) is 24.9 Å². The van der Waals surface area contributed by atoms with Crippen molar-refractivity contribution in [1.82, 2.24) is 14.7 Å². The van der Waals surface area contributed by atoms with Crippen LogP contribution < -0.4 is 0 Å². The average molecular weight is 506 g/mol. The van der Waals surface area contributed by atoms with Gasteiger partial charge in [0.05, 0.1) is 16.6 Å². The number of likely N-dealkylation sites (tertiary alicyclic amines) is 1. The Kier molecular flexibility index (Phi) is 8.47. The van der Waals surface area contributed by atoms with Crippen LogP contribution in [-0.2, 0) is 14.4 Å². The van der Waals surface area contributed by atoms with Crippen LogP contribution in [0.4, 0.5) is 0 Å². The van der Waals surface area contributed by atoms with Gasteiger partial charge >= 0.3 is 0 Å². The molecule has 0 aliphatic carbocycles. The summed E-state index contributed by atoms with van der Waals surface area (Å²) in [6, 6.07) is -0.660. The van der Waals surface area contributed by atoms with Crippen molar-refractivity contribution in [2.75, 3.05) is 32.8 Å². The summed E-state index contributed by atoms with van der Waals surface area (Å²) in [5, 5.41) is 9.58. The van der Waals surface area contributed by atoms with Gasteiger partial charge in [-0.1, -0.05) is 26.0 Å². The van der Waals surface area contributed by atoms with Crippen LogP contribution in [0.1, 0.15) is 53.9 Å². The minimum atomic E-state index is -0.660. The zero-order valence-corrected chi connectivity index (χ0v) is 22.9. The Balaban J connectivity index is 2.09. The van der Waals surface area contributed by atoms with Gasteiger partial charge in [-0.25, -0.2) is 0 Å². The van der Waals surface area contributed by atoms with E-state index in [1.54, 1.807) is 33.7 Å². The summed E-state index contributed by atoms with van der Waals surface area (Å²) in [7, 11) is 0. The Morgan fingerprint density at radius 1 is 1.23 bits per heavy atom. The van der Waals surface area contributed by atoms with Gasteiger partial charge < -0.3 is 19.8 Å². The van der Waals surface area contributed by atoms with E-state index in [9.17, 15) is 19.5 Å². The molecule has 1 spiro atoms. The van der Waals surface area contributed by atoms with Crippen LogP contribution >= 0.6 is 11.8 Å². The van der Waals surface area contributed by atoms with Crippen molar-refractivity contribution in [3.8, 4) is 0 Å². The number of thioether (sulfide) groups is 1. The van der Waals surface area contributed by atoms with Gasteiger partial charge in [-0.2, -0.15) is 0 Å². The molecule has 3 unspecified atom stereocenters. The first-order chi connectivity index (χ1) is 16.5. The smallest absolute Gasteiger partial charge is 0.247 e. The number of fused-ring (bicyclic) bond motifs is 1. The van der Waals surface area contributed by atoms with Crippen LogP contribution in [0.3, 0.4) is 0 Å². The average Bonchev–Trinajstić information content (AvgIpc) is 3.38. The number of carbonyl (C=O) groups is 3. The van der Waals surface area contributed by atoms with Crippen molar-refractivity contribution < 1.29 is 19.5 Å². The predicted molar refractivity (Wildman–Crippen MR) is 141 cm³/mol. The molecule has 35 heavy (non-hydrogen) atoms. The largest absolute Gasteiger partial charge is 0.396 e. The minimum absolute atomic E-state index is 0.00495. The number of nitrogens with zero attached hydrogens (tertiary/aromatic N) is 3. The lowest BCUT2D eigenvalue weighted by Gasteiger charge is -2.44. The Bertz CT molecular complexity index is 856. The summed E-state index contributed by atoms with van der Waals surface area (Å²) in [5.74, 6) is -1.04. The van der Waals surface area contributed by atoms with Gasteiger partial charge in [0, 0.05) is 43.6 Å². The summed E-state index contributed by atoms with van der Waals surface area (Å²) < 4.78 is -0.647. The molecule has 0 saturated carbocycles. The summed E-state index contributed by atoms with van der Waals surface area (Å²) in [6.45, 7) is 19.5. The van der Waals surface area contributed by atoms with E-state index in [0.717, 1.165) is 12.8 Å². The van der Waals surface area contributed by atoms with Gasteiger partial charge in [0.25, 0.3) is 0 Å². The van der Waals surface area contributed by atoms with E-state index in [-0.39, 0.29) is 35.5 Å². The maximum absolute atomic E-state index is 14.3. The number of hydrogen-bond donors (Lipinski definition) is 1. The zero-order valence-electron chi connectivity index (χ0n) is 22.0. The summed E-state index contributed by atoms with van der Waals surface area (Å²) >= 11 is 1.70. The van der Waals surface area contributed by atoms with E-state index in [1.165, 1.54) is 0 Å². The molecule has 3 aliphatic rings. The highest BCUT2D eigenvalue weighted by Crippen LogP contribution is 2.69. The predicted octanol–water partition coefficient (Wildman–Crippen LogP) is 2.94. The molecule has 3 fully saturated rings. The lowest BCUT2D eigenvalue weighted by Crippen LogP contribution is -2.60. The second-order valence-electron chi connectivity index (χ2n) is 11.1. The summed E-state index contributed by atoms with van der Waals surface area (Å²) in [5.41, 5.74) is -0.451. The molecular formula is C27H43N3O4S. The van der Waals surface area contributed by atoms with Crippen molar-refractivity contribution in [3.63, 3.8) is 0 Å². The topological polar surface area (TPSA) is 81.2 Å². The number of aliphatic hydroxyl groups is 1. The second kappa shape index (κ2) is 10.7. The summed E-state index contributed by atoms with van der Waals surface area (Å²) in [4.78, 5) is 47.5. The normalized spacial score (nSPS) is 31.4. The Hall–Kier alpha value is -1.80. The molecule has 196 valence electrons. The highest BCUT2D eigenvalue weighted by Gasteiger charge is 2.76. The molecule has 7 nitrogen and oxygen atoms in total. The first kappa shape index (κ1) is 27.8. The third-order valence-electron chi connectivity index (χ3n) is 7.86. The maximum Gasteiger partial charge on any atom is 0.247 e. The standard InChI is InChI=1S/C27H43N3O4S/c1-8-12-28(13-9-2)23(32)20-19-17-18(4)27(35-19)21(20)24(33)29(15-11-16-31)22(27)25(34)30(14-10-3)26(5,6)7/h8,10,18-22,31H,1,3,9,11-17H2,2,4-7H3/t18?,19-,20+,21-,22?,27?/m0/s1. The molecule has 0 aromatic heterocycles. The maximum atomic E-state index is 14.3. The van der Waals surface area contributed by atoms with Crippen molar-refractivity contribution in [1.29, 1.82) is 0 Å². The van der Waals surface area contributed by atoms with Gasteiger partial charge in [0.15, 0.2) is 0 Å². The highest BCUT2D eigenvalue weighted by atomic mass is 32.2. The van der Waals surface area contributed by atoms with Gasteiger partial charge in [-0.05, 0) is 46.0 Å². The molecule has 0 radical (unpaired) electrons. The van der Waals surface area contributed by atoms with Crippen LogP contribution in [0.2, 0.25) is 0 Å². The molecule has 1 N–H and O–H groups in total. The van der Waals surface area contributed by atoms with Crippen LogP contribution in [0.15, 0.2) is 25.3 Å². The van der Waals surface area contributed by atoms with Crippen molar-refractivity contribution >= 4 is 29.5 Å². The number of carbonyl (C=O) groups excluding carboxylic acids is 3. The molecule has 3 amide bonds. The Labute approximate surface area is 215 Å². The number of hydrogen-bond acceptors (Lipinski definition) is 5. The molecule has 3 saturated heterocycles. The van der Waals surface area contributed by atoms with Gasteiger partial charge in [0.1, 0.15) is 6.04 Å². The first-order valence-corrected chi connectivity index (χ1v) is 13.8. The molecule has 3 aliphatic heterocycles. The van der Waals surface area contributed by atoms with Crippen molar-refractivity contribution in [3.05, 3.63) is 25.3 Å². The molecule has 3 rings (SSSR count). The lowest BCUT2D eigenvalue weighted by molar-refractivity contribution is -0.146. The monoisotopic (exact) mass is 505 g/mol. The fraction of sp³-hybridized carbons (Fsp3) is 0.741. The van der Waals surface area contributed by atoms with Gasteiger partial charge in [0.2, 0.25) is 17.7 Å². The SMILES string of the molecule is C=CCN(CCC)C(=O)[C@@H]1[C@@H]2CC(C)C3(S2)C(C(=O)N(CC=C)C(C)(C)C)N(CCCO)C(=O)[C@H]13. The lowest BCUT2D eigenvalue weighted by atomic mass is 9.65. The van der Waals surface area contributed by atoms with Crippen molar-refractivity contribution in [2.45, 2.75) is 75.5 Å². The fourth-order valence-electron chi connectivity index (χ4n) is 6.46. The molecule has 0 aromatic carbocycles. The van der Waals surface area contributed by atoms with E-state index < -0.39 is 28.2 Å². The Morgan fingerprint density at radius 3 is 2.43 bits per heavy atom. The van der Waals surface area contributed by atoms with E-state index in [1.807, 2.05) is 32.6 Å². The molecule has 2 bridgehead atoms. The first-order valence-electron chi connectivity index (χ1n) is 12.9.